The van der Waals surface area contributed by atoms with Crippen LogP contribution in [0.2, 0.25) is 0 Å². The Kier molecular flexibility index (Phi) is 6.35. The number of carbonyl (C=O) groups excluding carboxylic acids is 2. The Morgan fingerprint density at radius 2 is 2.04 bits per heavy atom. The Bertz CT molecular complexity index is 740. The molecular weight excluding hydrogens is 350 g/mol. The van der Waals surface area contributed by atoms with Gasteiger partial charge in [-0.3, -0.25) is 9.59 Å². The quantitative estimate of drug-likeness (QED) is 0.729. The fraction of sp³-hybridized carbons (Fsp3) is 0.421. The number of amides is 1. The van der Waals surface area contributed by atoms with Gasteiger partial charge in [0, 0.05) is 38.7 Å². The molecule has 0 spiro atoms. The highest BCUT2D eigenvalue weighted by molar-refractivity contribution is 7.12. The molecular formula is C19H23N3O3S. The molecule has 0 saturated carbocycles. The smallest absolute Gasteiger partial charge is 0.224 e. The van der Waals surface area contributed by atoms with Crippen molar-refractivity contribution in [3.8, 4) is 0 Å². The standard InChI is InChI=1S/C19H23N3O3S/c23-13-14-7-10-22(11-8-14)19-15(3-1-9-20-19)21-18(25)6-5-16(24)17-4-2-12-26-17/h1-4,9,12,14,23H,5-8,10-11,13H2,(H,21,25). The number of hydrogen-bond donors (Lipinski definition) is 2. The first-order chi connectivity index (χ1) is 12.7. The fourth-order valence-electron chi connectivity index (χ4n) is 3.07. The van der Waals surface area contributed by atoms with Gasteiger partial charge in [-0.1, -0.05) is 6.07 Å². The van der Waals surface area contributed by atoms with Crippen LogP contribution in [-0.2, 0) is 4.79 Å². The van der Waals surface area contributed by atoms with E-state index in [9.17, 15) is 14.7 Å². The molecule has 0 unspecified atom stereocenters. The number of pyridine rings is 1. The van der Waals surface area contributed by atoms with Crippen LogP contribution in [0.3, 0.4) is 0 Å². The van der Waals surface area contributed by atoms with Crippen molar-refractivity contribution in [3.63, 3.8) is 0 Å². The highest BCUT2D eigenvalue weighted by atomic mass is 32.1. The van der Waals surface area contributed by atoms with Crippen molar-refractivity contribution in [1.82, 2.24) is 4.98 Å². The lowest BCUT2D eigenvalue weighted by atomic mass is 9.98. The van der Waals surface area contributed by atoms with Crippen molar-refractivity contribution < 1.29 is 14.7 Å². The second kappa shape index (κ2) is 8.91. The van der Waals surface area contributed by atoms with Crippen molar-refractivity contribution in [3.05, 3.63) is 40.7 Å². The molecule has 6 nitrogen and oxygen atoms in total. The number of aliphatic hydroxyl groups is 1. The topological polar surface area (TPSA) is 82.5 Å². The third kappa shape index (κ3) is 4.68. The van der Waals surface area contributed by atoms with E-state index in [-0.39, 0.29) is 31.1 Å². The van der Waals surface area contributed by atoms with Gasteiger partial charge < -0.3 is 15.3 Å². The Morgan fingerprint density at radius 1 is 1.23 bits per heavy atom. The second-order valence-corrected chi connectivity index (χ2v) is 7.38. The highest BCUT2D eigenvalue weighted by Gasteiger charge is 2.22. The molecule has 0 bridgehead atoms. The van der Waals surface area contributed by atoms with E-state index in [0.717, 1.165) is 31.7 Å². The van der Waals surface area contributed by atoms with Gasteiger partial charge in [0.15, 0.2) is 11.6 Å². The molecule has 2 N–H and O–H groups in total. The van der Waals surface area contributed by atoms with Crippen LogP contribution >= 0.6 is 11.3 Å². The molecule has 0 aliphatic carbocycles. The number of nitrogens with one attached hydrogen (secondary N) is 1. The Balaban J connectivity index is 1.57. The average molecular weight is 373 g/mol. The summed E-state index contributed by atoms with van der Waals surface area (Å²) >= 11 is 1.39. The molecule has 0 radical (unpaired) electrons. The maximum Gasteiger partial charge on any atom is 0.224 e. The highest BCUT2D eigenvalue weighted by Crippen LogP contribution is 2.27. The van der Waals surface area contributed by atoms with Gasteiger partial charge in [-0.2, -0.15) is 0 Å². The molecule has 1 aliphatic rings. The van der Waals surface area contributed by atoms with E-state index in [1.165, 1.54) is 11.3 Å². The zero-order valence-electron chi connectivity index (χ0n) is 14.6. The molecule has 1 fully saturated rings. The maximum absolute atomic E-state index is 12.3. The minimum absolute atomic E-state index is 0.00682. The number of Topliss-reactive ketones (excluding diaryl/α,β-unsaturated/α-hetero) is 1. The molecule has 138 valence electrons. The molecule has 26 heavy (non-hydrogen) atoms. The van der Waals surface area contributed by atoms with Crippen molar-refractivity contribution in [2.75, 3.05) is 29.9 Å². The Hall–Kier alpha value is -2.25. The SMILES string of the molecule is O=C(CCC(=O)c1cccs1)Nc1cccnc1N1CCC(CO)CC1. The number of piperidine rings is 1. The van der Waals surface area contributed by atoms with Crippen LogP contribution < -0.4 is 10.2 Å². The fourth-order valence-corrected chi connectivity index (χ4v) is 3.77. The van der Waals surface area contributed by atoms with E-state index in [0.29, 0.717) is 16.5 Å². The number of carbonyl (C=O) groups is 2. The van der Waals surface area contributed by atoms with Crippen LogP contribution in [-0.4, -0.2) is 41.5 Å². The molecule has 1 aliphatic heterocycles. The number of ketones is 1. The molecule has 2 aromatic heterocycles. The molecule has 0 aromatic carbocycles. The van der Waals surface area contributed by atoms with E-state index in [2.05, 4.69) is 15.2 Å². The van der Waals surface area contributed by atoms with E-state index in [1.54, 1.807) is 18.3 Å². The van der Waals surface area contributed by atoms with Crippen LogP contribution in [0.1, 0.15) is 35.4 Å². The number of anilines is 2. The van der Waals surface area contributed by atoms with E-state index in [1.807, 2.05) is 17.5 Å². The number of hydrogen-bond acceptors (Lipinski definition) is 6. The minimum Gasteiger partial charge on any atom is -0.396 e. The molecule has 0 atom stereocenters. The number of nitrogens with zero attached hydrogens (tertiary/aromatic N) is 2. The van der Waals surface area contributed by atoms with Crippen molar-refractivity contribution in [2.24, 2.45) is 5.92 Å². The summed E-state index contributed by atoms with van der Waals surface area (Å²) in [6, 6.07) is 7.23. The minimum atomic E-state index is -0.186. The largest absolute Gasteiger partial charge is 0.396 e. The predicted octanol–water partition coefficient (Wildman–Crippen LogP) is 2.95. The zero-order valence-corrected chi connectivity index (χ0v) is 15.4. The van der Waals surface area contributed by atoms with Crippen molar-refractivity contribution >= 4 is 34.5 Å². The number of aliphatic hydroxyl groups excluding tert-OH is 1. The summed E-state index contributed by atoms with van der Waals surface area (Å²) in [5, 5.41) is 14.0. The molecule has 1 amide bonds. The van der Waals surface area contributed by atoms with Crippen LogP contribution in [0.4, 0.5) is 11.5 Å². The van der Waals surface area contributed by atoms with Crippen LogP contribution in [0.5, 0.6) is 0 Å². The van der Waals surface area contributed by atoms with Gasteiger partial charge in [0.05, 0.1) is 10.6 Å². The summed E-state index contributed by atoms with van der Waals surface area (Å²) < 4.78 is 0. The number of thiophene rings is 1. The number of aromatic nitrogens is 1. The lowest BCUT2D eigenvalue weighted by Gasteiger charge is -2.33. The summed E-state index contributed by atoms with van der Waals surface area (Å²) in [6.07, 6.45) is 3.89. The van der Waals surface area contributed by atoms with E-state index < -0.39 is 0 Å². The van der Waals surface area contributed by atoms with Crippen LogP contribution in [0, 0.1) is 5.92 Å². The summed E-state index contributed by atoms with van der Waals surface area (Å²) in [4.78, 5) is 31.6. The van der Waals surface area contributed by atoms with Crippen molar-refractivity contribution in [2.45, 2.75) is 25.7 Å². The van der Waals surface area contributed by atoms with Gasteiger partial charge in [0.25, 0.3) is 0 Å². The summed E-state index contributed by atoms with van der Waals surface area (Å²) in [5.74, 6) is 0.903. The first-order valence-corrected chi connectivity index (χ1v) is 9.72. The first-order valence-electron chi connectivity index (χ1n) is 8.84. The van der Waals surface area contributed by atoms with Gasteiger partial charge in [-0.15, -0.1) is 11.3 Å². The zero-order chi connectivity index (χ0) is 18.4. The molecule has 2 aromatic rings. The van der Waals surface area contributed by atoms with E-state index in [4.69, 9.17) is 0 Å². The lowest BCUT2D eigenvalue weighted by molar-refractivity contribution is -0.116. The van der Waals surface area contributed by atoms with Gasteiger partial charge in [-0.05, 0) is 42.3 Å². The Labute approximate surface area is 156 Å². The summed E-state index contributed by atoms with van der Waals surface area (Å²) in [6.45, 7) is 1.84. The summed E-state index contributed by atoms with van der Waals surface area (Å²) in [5.41, 5.74) is 0.670. The number of rotatable bonds is 7. The third-order valence-corrected chi connectivity index (χ3v) is 5.52. The molecule has 1 saturated heterocycles. The molecule has 3 rings (SSSR count). The third-order valence-electron chi connectivity index (χ3n) is 4.61. The van der Waals surface area contributed by atoms with Gasteiger partial charge in [0.1, 0.15) is 0 Å². The summed E-state index contributed by atoms with van der Waals surface area (Å²) in [7, 11) is 0. The molecule has 7 heteroatoms. The Morgan fingerprint density at radius 3 is 2.73 bits per heavy atom. The average Bonchev–Trinajstić information content (AvgIpc) is 3.21. The first kappa shape index (κ1) is 18.5. The maximum atomic E-state index is 12.3. The van der Waals surface area contributed by atoms with Gasteiger partial charge in [-0.25, -0.2) is 4.98 Å². The monoisotopic (exact) mass is 373 g/mol. The van der Waals surface area contributed by atoms with E-state index >= 15 is 0 Å². The van der Waals surface area contributed by atoms with Crippen LogP contribution in [0.15, 0.2) is 35.8 Å². The second-order valence-electron chi connectivity index (χ2n) is 6.44. The normalized spacial score (nSPS) is 15.0. The van der Waals surface area contributed by atoms with Gasteiger partial charge >= 0.3 is 0 Å². The van der Waals surface area contributed by atoms with Gasteiger partial charge in [0.2, 0.25) is 5.91 Å². The van der Waals surface area contributed by atoms with Crippen molar-refractivity contribution in [1.29, 1.82) is 0 Å². The van der Waals surface area contributed by atoms with Crippen LogP contribution in [0.25, 0.3) is 0 Å². The predicted molar refractivity (Wildman–Crippen MR) is 103 cm³/mol. The molecule has 3 heterocycles. The lowest BCUT2D eigenvalue weighted by Crippen LogP contribution is -2.35.